The van der Waals surface area contributed by atoms with Gasteiger partial charge >= 0.3 is 5.97 Å². The molecule has 2 aromatic heterocycles. The van der Waals surface area contributed by atoms with Crippen LogP contribution < -0.4 is 17.0 Å². The maximum absolute atomic E-state index is 11.6. The van der Waals surface area contributed by atoms with E-state index in [2.05, 4.69) is 15.0 Å². The van der Waals surface area contributed by atoms with Crippen molar-refractivity contribution in [3.8, 4) is 0 Å². The number of aromatic nitrogens is 4. The van der Waals surface area contributed by atoms with Crippen LogP contribution in [0.1, 0.15) is 13.8 Å². The Labute approximate surface area is 160 Å². The Morgan fingerprint density at radius 3 is 2.57 bits per heavy atom. The van der Waals surface area contributed by atoms with Crippen LogP contribution in [0.25, 0.3) is 11.2 Å². The lowest BCUT2D eigenvalue weighted by atomic mass is 10.1. The highest BCUT2D eigenvalue weighted by molar-refractivity contribution is 7.85. The molecule has 0 saturated heterocycles. The molecular formula is C14H24N6O7S. The van der Waals surface area contributed by atoms with Gasteiger partial charge in [0, 0.05) is 0 Å². The summed E-state index contributed by atoms with van der Waals surface area (Å²) < 4.78 is 37.8. The predicted octanol–water partition coefficient (Wildman–Crippen LogP) is -1.29. The number of ether oxygens (including phenoxy) is 2. The Balaban J connectivity index is 0.000000696. The molecule has 0 amide bonds. The summed E-state index contributed by atoms with van der Waals surface area (Å²) in [6, 6.07) is -0.647. The monoisotopic (exact) mass is 420 g/mol. The molecule has 28 heavy (non-hydrogen) atoms. The number of rotatable bonds is 7. The lowest BCUT2D eigenvalue weighted by Crippen LogP contribution is -2.37. The van der Waals surface area contributed by atoms with Crippen LogP contribution in [0.3, 0.4) is 0 Å². The summed E-state index contributed by atoms with van der Waals surface area (Å²) in [5.41, 5.74) is 11.2. The number of fused-ring (bicyclic) bond motifs is 1. The minimum atomic E-state index is -3.67. The third kappa shape index (κ3) is 7.99. The van der Waals surface area contributed by atoms with Crippen LogP contribution in [0.15, 0.2) is 11.1 Å². The number of carbonyl (C=O) groups excluding carboxylic acids is 1. The van der Waals surface area contributed by atoms with Gasteiger partial charge in [-0.05, 0) is 5.92 Å². The summed E-state index contributed by atoms with van der Waals surface area (Å²) in [4.78, 5) is 33.5. The fraction of sp³-hybridized carbons (Fsp3) is 0.571. The smallest absolute Gasteiger partial charge is 0.323 e. The first-order chi connectivity index (χ1) is 12.9. The van der Waals surface area contributed by atoms with Crippen LogP contribution in [0.2, 0.25) is 0 Å². The van der Waals surface area contributed by atoms with Crippen molar-refractivity contribution >= 4 is 33.2 Å². The lowest BCUT2D eigenvalue weighted by Gasteiger charge is -2.14. The molecule has 0 saturated carbocycles. The maximum Gasteiger partial charge on any atom is 0.323 e. The number of nitrogens with two attached hydrogens (primary N) is 2. The molecule has 0 spiro atoms. The van der Waals surface area contributed by atoms with Gasteiger partial charge < -0.3 is 20.9 Å². The van der Waals surface area contributed by atoms with Gasteiger partial charge in [0.25, 0.3) is 15.7 Å². The van der Waals surface area contributed by atoms with Crippen molar-refractivity contribution in [1.82, 2.24) is 19.5 Å². The molecule has 2 rings (SSSR count). The number of H-pyrrole nitrogens is 1. The number of aromatic amines is 1. The third-order valence-electron chi connectivity index (χ3n) is 3.19. The first-order valence-corrected chi connectivity index (χ1v) is 9.88. The first-order valence-electron chi connectivity index (χ1n) is 8.03. The van der Waals surface area contributed by atoms with Crippen molar-refractivity contribution in [1.29, 1.82) is 0 Å². The Morgan fingerprint density at radius 2 is 2.00 bits per heavy atom. The second-order valence-electron chi connectivity index (χ2n) is 6.05. The second kappa shape index (κ2) is 10.1. The van der Waals surface area contributed by atoms with Crippen LogP contribution in [-0.2, 0) is 31.1 Å². The van der Waals surface area contributed by atoms with E-state index in [1.165, 1.54) is 10.9 Å². The molecule has 0 fully saturated rings. The highest BCUT2D eigenvalue weighted by atomic mass is 32.2. The van der Waals surface area contributed by atoms with E-state index in [-0.39, 0.29) is 37.3 Å². The fourth-order valence-electron chi connectivity index (χ4n) is 1.80. The van der Waals surface area contributed by atoms with Crippen molar-refractivity contribution in [3.63, 3.8) is 0 Å². The van der Waals surface area contributed by atoms with E-state index in [9.17, 15) is 18.0 Å². The van der Waals surface area contributed by atoms with Crippen LogP contribution >= 0.6 is 0 Å². The zero-order valence-corrected chi connectivity index (χ0v) is 16.5. The maximum atomic E-state index is 11.6. The largest absolute Gasteiger partial charge is 0.462 e. The zero-order chi connectivity index (χ0) is 21.5. The van der Waals surface area contributed by atoms with Gasteiger partial charge in [-0.2, -0.15) is 13.4 Å². The van der Waals surface area contributed by atoms with Crippen LogP contribution in [-0.4, -0.2) is 64.0 Å². The van der Waals surface area contributed by atoms with Crippen molar-refractivity contribution < 1.29 is 27.2 Å². The van der Waals surface area contributed by atoms with E-state index in [1.54, 1.807) is 0 Å². The molecule has 1 atom stereocenters. The van der Waals surface area contributed by atoms with Gasteiger partial charge in [0.15, 0.2) is 11.2 Å². The van der Waals surface area contributed by atoms with Crippen LogP contribution in [0.5, 0.6) is 0 Å². The summed E-state index contributed by atoms with van der Waals surface area (Å²) in [5, 5.41) is 0. The van der Waals surface area contributed by atoms with Gasteiger partial charge in [-0.25, -0.2) is 4.98 Å². The molecule has 2 heterocycles. The van der Waals surface area contributed by atoms with Gasteiger partial charge in [-0.15, -0.1) is 0 Å². The molecule has 0 aliphatic carbocycles. The Hall–Kier alpha value is -2.55. The average molecular weight is 420 g/mol. The van der Waals surface area contributed by atoms with Crippen LogP contribution in [0, 0.1) is 5.92 Å². The number of nitrogen functional groups attached to an aromatic ring is 1. The molecule has 0 unspecified atom stereocenters. The standard InChI is InChI=1S/C13H20N6O4.CH4O3S/c1-7(2)8(14)12(21)23-4-3-22-6-19-5-16-9-10(19)17-13(15)18-11(9)20;1-5(2,3)4/h5,7-8H,3-4,6,14H2,1-2H3,(H3,15,17,18,20);1H3,(H,2,3,4)/t8-;/m0./s1. The Bertz CT molecular complexity index is 945. The number of hydrogen-bond donors (Lipinski definition) is 4. The molecule has 0 aliphatic rings. The molecule has 0 radical (unpaired) electrons. The van der Waals surface area contributed by atoms with E-state index in [0.717, 1.165) is 0 Å². The number of anilines is 1. The quantitative estimate of drug-likeness (QED) is 0.235. The Kier molecular flexibility index (Phi) is 8.49. The first kappa shape index (κ1) is 23.5. The summed E-state index contributed by atoms with van der Waals surface area (Å²) in [5.74, 6) is -0.450. The molecular weight excluding hydrogens is 396 g/mol. The average Bonchev–Trinajstić information content (AvgIpc) is 2.95. The number of imidazole rings is 1. The van der Waals surface area contributed by atoms with Gasteiger partial charge in [-0.1, -0.05) is 13.8 Å². The van der Waals surface area contributed by atoms with Crippen molar-refractivity contribution in [2.24, 2.45) is 11.7 Å². The van der Waals surface area contributed by atoms with Gasteiger partial charge in [-0.3, -0.25) is 23.7 Å². The molecule has 0 aromatic carbocycles. The summed E-state index contributed by atoms with van der Waals surface area (Å²) in [6.07, 6.45) is 2.14. The SMILES string of the molecule is CC(C)[C@H](N)C(=O)OCCOCn1cnc2c(=O)[nH]c(N)nc21.CS(=O)(=O)O. The van der Waals surface area contributed by atoms with Gasteiger partial charge in [0.05, 0.1) is 19.2 Å². The third-order valence-corrected chi connectivity index (χ3v) is 3.19. The van der Waals surface area contributed by atoms with E-state index >= 15 is 0 Å². The Morgan fingerprint density at radius 1 is 1.39 bits per heavy atom. The lowest BCUT2D eigenvalue weighted by molar-refractivity contribution is -0.148. The van der Waals surface area contributed by atoms with E-state index in [4.69, 9.17) is 25.5 Å². The van der Waals surface area contributed by atoms with E-state index < -0.39 is 27.7 Å². The molecule has 158 valence electrons. The van der Waals surface area contributed by atoms with E-state index in [0.29, 0.717) is 11.9 Å². The van der Waals surface area contributed by atoms with Crippen LogP contribution in [0.4, 0.5) is 5.95 Å². The molecule has 0 bridgehead atoms. The highest BCUT2D eigenvalue weighted by Gasteiger charge is 2.18. The van der Waals surface area contributed by atoms with Gasteiger partial charge in [0.2, 0.25) is 5.95 Å². The molecule has 2 aromatic rings. The predicted molar refractivity (Wildman–Crippen MR) is 99.8 cm³/mol. The molecule has 13 nitrogen and oxygen atoms in total. The second-order valence-corrected chi connectivity index (χ2v) is 7.51. The summed E-state index contributed by atoms with van der Waals surface area (Å²) in [7, 11) is -3.67. The molecule has 6 N–H and O–H groups in total. The zero-order valence-electron chi connectivity index (χ0n) is 15.7. The number of nitrogens with zero attached hydrogens (tertiary/aromatic N) is 3. The number of nitrogens with one attached hydrogen (secondary N) is 1. The number of esters is 1. The summed E-state index contributed by atoms with van der Waals surface area (Å²) >= 11 is 0. The van der Waals surface area contributed by atoms with Gasteiger partial charge in [0.1, 0.15) is 19.4 Å². The molecule has 0 aliphatic heterocycles. The van der Waals surface area contributed by atoms with E-state index in [1.807, 2.05) is 13.8 Å². The minimum Gasteiger partial charge on any atom is -0.462 e. The number of carbonyl (C=O) groups is 1. The molecule has 14 heteroatoms. The number of hydrogen-bond acceptors (Lipinski definition) is 10. The van der Waals surface area contributed by atoms with Crippen molar-refractivity contribution in [2.45, 2.75) is 26.6 Å². The fourth-order valence-corrected chi connectivity index (χ4v) is 1.80. The summed E-state index contributed by atoms with van der Waals surface area (Å²) in [6.45, 7) is 4.04. The minimum absolute atomic E-state index is 0.000790. The van der Waals surface area contributed by atoms with Crippen molar-refractivity contribution in [2.75, 3.05) is 25.2 Å². The topological polar surface area (TPSA) is 206 Å². The normalized spacial score (nSPS) is 12.5. The highest BCUT2D eigenvalue weighted by Crippen LogP contribution is 2.06. The van der Waals surface area contributed by atoms with Crippen molar-refractivity contribution in [3.05, 3.63) is 16.7 Å².